The monoisotopic (exact) mass is 366 g/mol. The van der Waals surface area contributed by atoms with Crippen LogP contribution >= 0.6 is 0 Å². The summed E-state index contributed by atoms with van der Waals surface area (Å²) in [5, 5.41) is 2.89. The zero-order valence-corrected chi connectivity index (χ0v) is 16.3. The largest absolute Gasteiger partial charge is 0.481 e. The first kappa shape index (κ1) is 19.0. The van der Waals surface area contributed by atoms with Crippen molar-refractivity contribution < 1.29 is 14.3 Å². The lowest BCUT2D eigenvalue weighted by Gasteiger charge is -2.26. The second-order valence-corrected chi connectivity index (χ2v) is 7.86. The fourth-order valence-corrected chi connectivity index (χ4v) is 3.07. The molecule has 0 bridgehead atoms. The van der Waals surface area contributed by atoms with Crippen molar-refractivity contribution in [2.45, 2.75) is 40.2 Å². The molecule has 27 heavy (non-hydrogen) atoms. The molecular weight excluding hydrogens is 340 g/mol. The van der Waals surface area contributed by atoms with Gasteiger partial charge in [-0.2, -0.15) is 0 Å². The standard InChI is InChI=1S/C22H26N2O3/c1-15(27-18-8-6-5-7-9-18)20(25)23-17-11-10-16-12-13-24(19(16)14-17)21(26)22(2,3)4/h5-11,14-15H,12-13H2,1-4H3,(H,23,25). The number of hydrogen-bond donors (Lipinski definition) is 1. The molecule has 1 atom stereocenters. The average molecular weight is 366 g/mol. The number of nitrogens with one attached hydrogen (secondary N) is 1. The van der Waals surface area contributed by atoms with Gasteiger partial charge >= 0.3 is 0 Å². The Kier molecular flexibility index (Phi) is 5.22. The molecule has 1 heterocycles. The van der Waals surface area contributed by atoms with Crippen LogP contribution in [0.2, 0.25) is 0 Å². The lowest BCUT2D eigenvalue weighted by Crippen LogP contribution is -2.38. The van der Waals surface area contributed by atoms with Crippen molar-refractivity contribution in [3.05, 3.63) is 54.1 Å². The second-order valence-electron chi connectivity index (χ2n) is 7.86. The maximum Gasteiger partial charge on any atom is 0.265 e. The van der Waals surface area contributed by atoms with Crippen LogP contribution in [-0.2, 0) is 16.0 Å². The maximum atomic E-state index is 12.7. The lowest BCUT2D eigenvalue weighted by atomic mass is 9.94. The summed E-state index contributed by atoms with van der Waals surface area (Å²) in [6.07, 6.45) is 0.201. The van der Waals surface area contributed by atoms with Crippen LogP contribution in [0.15, 0.2) is 48.5 Å². The number of amides is 2. The molecular formula is C22H26N2O3. The van der Waals surface area contributed by atoms with Gasteiger partial charge in [0.05, 0.1) is 0 Å². The highest BCUT2D eigenvalue weighted by molar-refractivity contribution is 6.00. The highest BCUT2D eigenvalue weighted by atomic mass is 16.5. The number of anilines is 2. The molecule has 5 nitrogen and oxygen atoms in total. The number of nitrogens with zero attached hydrogens (tertiary/aromatic N) is 1. The molecule has 1 aliphatic heterocycles. The van der Waals surface area contributed by atoms with Crippen molar-refractivity contribution in [2.75, 3.05) is 16.8 Å². The van der Waals surface area contributed by atoms with Gasteiger partial charge in [-0.15, -0.1) is 0 Å². The summed E-state index contributed by atoms with van der Waals surface area (Å²) in [5.74, 6) is 0.507. The maximum absolute atomic E-state index is 12.7. The van der Waals surface area contributed by atoms with Gasteiger partial charge in [-0.3, -0.25) is 9.59 Å². The molecule has 0 aliphatic carbocycles. The predicted molar refractivity (Wildman–Crippen MR) is 107 cm³/mol. The second kappa shape index (κ2) is 7.43. The molecule has 0 fully saturated rings. The van der Waals surface area contributed by atoms with E-state index in [1.54, 1.807) is 6.92 Å². The Hall–Kier alpha value is -2.82. The first-order chi connectivity index (χ1) is 12.8. The van der Waals surface area contributed by atoms with Gasteiger partial charge in [0.15, 0.2) is 6.10 Å². The van der Waals surface area contributed by atoms with Crippen molar-refractivity contribution in [3.8, 4) is 5.75 Å². The SMILES string of the molecule is CC(Oc1ccccc1)C(=O)Nc1ccc2c(c1)N(C(=O)C(C)(C)C)CC2. The van der Waals surface area contributed by atoms with Crippen LogP contribution < -0.4 is 15.0 Å². The van der Waals surface area contributed by atoms with E-state index >= 15 is 0 Å². The summed E-state index contributed by atoms with van der Waals surface area (Å²) < 4.78 is 5.67. The molecule has 1 aliphatic rings. The number of benzene rings is 2. The van der Waals surface area contributed by atoms with Gasteiger partial charge in [-0.25, -0.2) is 0 Å². The number of rotatable bonds is 4. The van der Waals surface area contributed by atoms with Crippen LogP contribution in [0.25, 0.3) is 0 Å². The van der Waals surface area contributed by atoms with Gasteiger partial charge in [0.1, 0.15) is 5.75 Å². The normalized spacial score (nSPS) is 14.4. The Morgan fingerprint density at radius 3 is 2.48 bits per heavy atom. The number of ether oxygens (including phenoxy) is 1. The molecule has 0 spiro atoms. The molecule has 1 unspecified atom stereocenters. The first-order valence-electron chi connectivity index (χ1n) is 9.23. The quantitative estimate of drug-likeness (QED) is 0.889. The fraction of sp³-hybridized carbons (Fsp3) is 0.364. The van der Waals surface area contributed by atoms with Gasteiger partial charge in [0.25, 0.3) is 5.91 Å². The number of carbonyl (C=O) groups excluding carboxylic acids is 2. The van der Waals surface area contributed by atoms with E-state index in [0.29, 0.717) is 18.0 Å². The van der Waals surface area contributed by atoms with E-state index in [4.69, 9.17) is 4.74 Å². The van der Waals surface area contributed by atoms with E-state index in [0.717, 1.165) is 17.7 Å². The third kappa shape index (κ3) is 4.30. The van der Waals surface area contributed by atoms with Gasteiger partial charge < -0.3 is 15.0 Å². The van der Waals surface area contributed by atoms with Crippen molar-refractivity contribution in [1.29, 1.82) is 0 Å². The Labute approximate surface area is 160 Å². The Balaban J connectivity index is 1.72. The van der Waals surface area contributed by atoms with E-state index in [2.05, 4.69) is 5.32 Å². The van der Waals surface area contributed by atoms with E-state index in [1.807, 2.05) is 74.2 Å². The lowest BCUT2D eigenvalue weighted by molar-refractivity contribution is -0.125. The molecule has 0 saturated carbocycles. The van der Waals surface area contributed by atoms with Crippen LogP contribution in [0.1, 0.15) is 33.3 Å². The topological polar surface area (TPSA) is 58.6 Å². The summed E-state index contributed by atoms with van der Waals surface area (Å²) in [6, 6.07) is 15.0. The number of carbonyl (C=O) groups is 2. The van der Waals surface area contributed by atoms with Gasteiger partial charge in [-0.1, -0.05) is 45.0 Å². The predicted octanol–water partition coefficient (Wildman–Crippen LogP) is 4.03. The third-order valence-electron chi connectivity index (χ3n) is 4.56. The van der Waals surface area contributed by atoms with E-state index in [9.17, 15) is 9.59 Å². The van der Waals surface area contributed by atoms with E-state index < -0.39 is 11.5 Å². The molecule has 2 aromatic carbocycles. The molecule has 3 rings (SSSR count). The van der Waals surface area contributed by atoms with Crippen LogP contribution in [-0.4, -0.2) is 24.5 Å². The molecule has 5 heteroatoms. The zero-order chi connectivity index (χ0) is 19.6. The van der Waals surface area contributed by atoms with Crippen molar-refractivity contribution in [2.24, 2.45) is 5.41 Å². The summed E-state index contributed by atoms with van der Waals surface area (Å²) in [4.78, 5) is 27.0. The molecule has 0 saturated heterocycles. The molecule has 0 radical (unpaired) electrons. The summed E-state index contributed by atoms with van der Waals surface area (Å²) >= 11 is 0. The summed E-state index contributed by atoms with van der Waals surface area (Å²) in [5.41, 5.74) is 2.22. The first-order valence-corrected chi connectivity index (χ1v) is 9.23. The highest BCUT2D eigenvalue weighted by Crippen LogP contribution is 2.34. The molecule has 142 valence electrons. The van der Waals surface area contributed by atoms with Crippen molar-refractivity contribution in [3.63, 3.8) is 0 Å². The van der Waals surface area contributed by atoms with Crippen LogP contribution in [0.3, 0.4) is 0 Å². The number of hydrogen-bond acceptors (Lipinski definition) is 3. The van der Waals surface area contributed by atoms with Crippen LogP contribution in [0.4, 0.5) is 11.4 Å². The molecule has 1 N–H and O–H groups in total. The van der Waals surface area contributed by atoms with Gasteiger partial charge in [0, 0.05) is 23.3 Å². The Bertz CT molecular complexity index is 840. The smallest absolute Gasteiger partial charge is 0.265 e. The third-order valence-corrected chi connectivity index (χ3v) is 4.56. The highest BCUT2D eigenvalue weighted by Gasteiger charge is 2.32. The minimum absolute atomic E-state index is 0.0884. The molecule has 0 aromatic heterocycles. The van der Waals surface area contributed by atoms with Crippen LogP contribution in [0.5, 0.6) is 5.75 Å². The minimum Gasteiger partial charge on any atom is -0.481 e. The molecule has 2 amide bonds. The van der Waals surface area contributed by atoms with Gasteiger partial charge in [0.2, 0.25) is 5.91 Å². The van der Waals surface area contributed by atoms with E-state index in [-0.39, 0.29) is 11.8 Å². The Morgan fingerprint density at radius 2 is 1.81 bits per heavy atom. The average Bonchev–Trinajstić information content (AvgIpc) is 3.04. The fourth-order valence-electron chi connectivity index (χ4n) is 3.07. The minimum atomic E-state index is -0.632. The van der Waals surface area contributed by atoms with E-state index in [1.165, 1.54) is 0 Å². The van der Waals surface area contributed by atoms with Gasteiger partial charge in [-0.05, 0) is 43.2 Å². The Morgan fingerprint density at radius 1 is 1.11 bits per heavy atom. The van der Waals surface area contributed by atoms with Crippen LogP contribution in [0, 0.1) is 5.41 Å². The number of para-hydroxylation sites is 1. The summed E-state index contributed by atoms with van der Waals surface area (Å²) in [6.45, 7) is 8.14. The number of fused-ring (bicyclic) bond motifs is 1. The summed E-state index contributed by atoms with van der Waals surface area (Å²) in [7, 11) is 0. The molecule has 2 aromatic rings. The van der Waals surface area contributed by atoms with Crippen molar-refractivity contribution in [1.82, 2.24) is 0 Å². The zero-order valence-electron chi connectivity index (χ0n) is 16.3. The van der Waals surface area contributed by atoms with Crippen molar-refractivity contribution >= 4 is 23.2 Å².